The predicted octanol–water partition coefficient (Wildman–Crippen LogP) is 2.15. The van der Waals surface area contributed by atoms with Crippen LogP contribution in [0.2, 0.25) is 0 Å². The summed E-state index contributed by atoms with van der Waals surface area (Å²) >= 11 is 0. The fraction of sp³-hybridized carbons (Fsp3) is 0.533. The van der Waals surface area contributed by atoms with E-state index in [9.17, 15) is 0 Å². The van der Waals surface area contributed by atoms with E-state index >= 15 is 0 Å². The molecule has 1 rings (SSSR count). The topological polar surface area (TPSA) is 54.9 Å². The van der Waals surface area contributed by atoms with Crippen LogP contribution >= 0.6 is 24.0 Å². The summed E-state index contributed by atoms with van der Waals surface area (Å²) in [5.41, 5.74) is 2.39. The molecule has 120 valence electrons. The number of guanidine groups is 1. The highest BCUT2D eigenvalue weighted by molar-refractivity contribution is 14.0. The number of hydrogen-bond donors (Lipinski definition) is 2. The molecule has 5 nitrogen and oxygen atoms in total. The van der Waals surface area contributed by atoms with Crippen LogP contribution < -0.4 is 10.6 Å². The lowest BCUT2D eigenvalue weighted by molar-refractivity contribution is 0.185. The van der Waals surface area contributed by atoms with Gasteiger partial charge in [-0.25, -0.2) is 0 Å². The van der Waals surface area contributed by atoms with Crippen LogP contribution in [-0.4, -0.2) is 40.4 Å². The Morgan fingerprint density at radius 3 is 2.29 bits per heavy atom. The number of methoxy groups -OCH3 is 2. The monoisotopic (exact) mass is 407 g/mol. The highest BCUT2D eigenvalue weighted by Gasteiger charge is 1.98. The molecule has 6 heteroatoms. The number of ether oxygens (including phenoxy) is 2. The Morgan fingerprint density at radius 2 is 1.71 bits per heavy atom. The summed E-state index contributed by atoms with van der Waals surface area (Å²) in [7, 11) is 5.18. The molecule has 0 aliphatic rings. The van der Waals surface area contributed by atoms with Crippen molar-refractivity contribution in [1.29, 1.82) is 0 Å². The van der Waals surface area contributed by atoms with Gasteiger partial charge >= 0.3 is 0 Å². The standard InChI is InChI=1S/C15H25N3O2.HI/c1-16-15(17-9-4-10-19-2)18-11-13-5-7-14(8-6-13)12-20-3;/h5-8H,4,9-12H2,1-3H3,(H2,16,17,18);1H. The van der Waals surface area contributed by atoms with Crippen LogP contribution in [0.15, 0.2) is 29.3 Å². The Bertz CT molecular complexity index is 396. The van der Waals surface area contributed by atoms with Crippen molar-refractivity contribution in [3.63, 3.8) is 0 Å². The van der Waals surface area contributed by atoms with Gasteiger partial charge in [-0.15, -0.1) is 24.0 Å². The molecule has 0 radical (unpaired) electrons. The lowest BCUT2D eigenvalue weighted by atomic mass is 10.1. The van der Waals surface area contributed by atoms with E-state index in [4.69, 9.17) is 9.47 Å². The molecule has 0 amide bonds. The molecule has 0 saturated heterocycles. The van der Waals surface area contributed by atoms with Gasteiger partial charge in [0, 0.05) is 41.0 Å². The molecule has 0 heterocycles. The van der Waals surface area contributed by atoms with Crippen LogP contribution in [0.3, 0.4) is 0 Å². The van der Waals surface area contributed by atoms with Crippen molar-refractivity contribution < 1.29 is 9.47 Å². The third-order valence-electron chi connectivity index (χ3n) is 2.84. The largest absolute Gasteiger partial charge is 0.385 e. The fourth-order valence-electron chi connectivity index (χ4n) is 1.75. The molecular formula is C15H26IN3O2. The van der Waals surface area contributed by atoms with Crippen LogP contribution in [0.5, 0.6) is 0 Å². The van der Waals surface area contributed by atoms with E-state index in [1.807, 2.05) is 0 Å². The summed E-state index contributed by atoms with van der Waals surface area (Å²) in [6.07, 6.45) is 0.961. The first-order chi connectivity index (χ1) is 9.80. The van der Waals surface area contributed by atoms with Gasteiger partial charge in [0.15, 0.2) is 5.96 Å². The van der Waals surface area contributed by atoms with E-state index in [1.54, 1.807) is 21.3 Å². The zero-order chi connectivity index (χ0) is 14.6. The highest BCUT2D eigenvalue weighted by atomic mass is 127. The smallest absolute Gasteiger partial charge is 0.191 e. The Balaban J connectivity index is 0.00000400. The Morgan fingerprint density at radius 1 is 1.05 bits per heavy atom. The predicted molar refractivity (Wildman–Crippen MR) is 97.3 cm³/mol. The third kappa shape index (κ3) is 8.90. The summed E-state index contributed by atoms with van der Waals surface area (Å²) in [5, 5.41) is 6.53. The van der Waals surface area contributed by atoms with Gasteiger partial charge in [0.05, 0.1) is 6.61 Å². The van der Waals surface area contributed by atoms with Gasteiger partial charge < -0.3 is 20.1 Å². The molecule has 2 N–H and O–H groups in total. The molecule has 1 aromatic carbocycles. The second kappa shape index (κ2) is 12.8. The highest BCUT2D eigenvalue weighted by Crippen LogP contribution is 2.05. The first-order valence-electron chi connectivity index (χ1n) is 6.80. The van der Waals surface area contributed by atoms with Crippen LogP contribution in [-0.2, 0) is 22.6 Å². The SMILES string of the molecule is CN=C(NCCCOC)NCc1ccc(COC)cc1.I. The maximum atomic E-state index is 5.09. The summed E-state index contributed by atoms with van der Waals surface area (Å²) in [6.45, 7) is 3.00. The molecule has 21 heavy (non-hydrogen) atoms. The molecule has 1 aromatic rings. The zero-order valence-corrected chi connectivity index (χ0v) is 15.3. The minimum Gasteiger partial charge on any atom is -0.385 e. The minimum absolute atomic E-state index is 0. The maximum absolute atomic E-state index is 5.09. The van der Waals surface area contributed by atoms with Crippen molar-refractivity contribution >= 4 is 29.9 Å². The van der Waals surface area contributed by atoms with Crippen LogP contribution in [0.1, 0.15) is 17.5 Å². The molecule has 0 spiro atoms. The lowest BCUT2D eigenvalue weighted by Gasteiger charge is -2.12. The van der Waals surface area contributed by atoms with E-state index < -0.39 is 0 Å². The normalized spacial score (nSPS) is 10.9. The Kier molecular flexibility index (Phi) is 12.3. The van der Waals surface area contributed by atoms with E-state index in [0.717, 1.165) is 32.1 Å². The Hall–Kier alpha value is -0.860. The lowest BCUT2D eigenvalue weighted by Crippen LogP contribution is -2.37. The average molecular weight is 407 g/mol. The van der Waals surface area contributed by atoms with Gasteiger partial charge in [0.2, 0.25) is 0 Å². The van der Waals surface area contributed by atoms with Crippen molar-refractivity contribution in [3.8, 4) is 0 Å². The van der Waals surface area contributed by atoms with E-state index in [0.29, 0.717) is 6.61 Å². The number of rotatable bonds is 8. The number of nitrogens with one attached hydrogen (secondary N) is 2. The molecule has 0 bridgehead atoms. The van der Waals surface area contributed by atoms with Crippen molar-refractivity contribution in [2.24, 2.45) is 4.99 Å². The quantitative estimate of drug-likeness (QED) is 0.300. The van der Waals surface area contributed by atoms with Gasteiger partial charge in [-0.05, 0) is 17.5 Å². The first kappa shape index (κ1) is 20.1. The number of nitrogens with zero attached hydrogens (tertiary/aromatic N) is 1. The third-order valence-corrected chi connectivity index (χ3v) is 2.84. The van der Waals surface area contributed by atoms with Gasteiger partial charge in [-0.2, -0.15) is 0 Å². The maximum Gasteiger partial charge on any atom is 0.191 e. The molecule has 0 aromatic heterocycles. The van der Waals surface area contributed by atoms with E-state index in [-0.39, 0.29) is 24.0 Å². The molecule has 0 aliphatic carbocycles. The summed E-state index contributed by atoms with van der Waals surface area (Å²) in [4.78, 5) is 4.18. The summed E-state index contributed by atoms with van der Waals surface area (Å²) in [6, 6.07) is 8.35. The summed E-state index contributed by atoms with van der Waals surface area (Å²) < 4.78 is 10.1. The van der Waals surface area contributed by atoms with Gasteiger partial charge in [-0.1, -0.05) is 24.3 Å². The molecule has 0 atom stereocenters. The average Bonchev–Trinajstić information content (AvgIpc) is 2.48. The van der Waals surface area contributed by atoms with E-state index in [1.165, 1.54) is 11.1 Å². The zero-order valence-electron chi connectivity index (χ0n) is 13.0. The van der Waals surface area contributed by atoms with Gasteiger partial charge in [0.25, 0.3) is 0 Å². The fourth-order valence-corrected chi connectivity index (χ4v) is 1.75. The van der Waals surface area contributed by atoms with Crippen molar-refractivity contribution in [2.45, 2.75) is 19.6 Å². The number of benzene rings is 1. The number of aliphatic imine (C=N–C) groups is 1. The number of halogens is 1. The molecule has 0 saturated carbocycles. The van der Waals surface area contributed by atoms with E-state index in [2.05, 4.69) is 39.9 Å². The molecule has 0 aliphatic heterocycles. The van der Waals surface area contributed by atoms with Crippen molar-refractivity contribution in [3.05, 3.63) is 35.4 Å². The van der Waals surface area contributed by atoms with Gasteiger partial charge in [0.1, 0.15) is 0 Å². The van der Waals surface area contributed by atoms with Crippen molar-refractivity contribution in [2.75, 3.05) is 34.4 Å². The minimum atomic E-state index is 0. The second-order valence-corrected chi connectivity index (χ2v) is 4.45. The molecule has 0 unspecified atom stereocenters. The van der Waals surface area contributed by atoms with Crippen molar-refractivity contribution in [1.82, 2.24) is 10.6 Å². The van der Waals surface area contributed by atoms with Crippen LogP contribution in [0, 0.1) is 0 Å². The first-order valence-corrected chi connectivity index (χ1v) is 6.80. The molecular weight excluding hydrogens is 381 g/mol. The van der Waals surface area contributed by atoms with Crippen LogP contribution in [0.4, 0.5) is 0 Å². The summed E-state index contributed by atoms with van der Waals surface area (Å²) in [5.74, 6) is 0.807. The molecule has 0 fully saturated rings. The van der Waals surface area contributed by atoms with Gasteiger partial charge in [-0.3, -0.25) is 4.99 Å². The second-order valence-electron chi connectivity index (χ2n) is 4.45. The van der Waals surface area contributed by atoms with Crippen LogP contribution in [0.25, 0.3) is 0 Å². The number of hydrogen-bond acceptors (Lipinski definition) is 3. The Labute approximate surface area is 144 Å².